The molecule has 0 nitrogen and oxygen atoms in total. The Labute approximate surface area is 390 Å². The van der Waals surface area contributed by atoms with Crippen LogP contribution >= 0.6 is 11.3 Å². The van der Waals surface area contributed by atoms with Crippen LogP contribution in [0.3, 0.4) is 0 Å². The SMILES string of the molecule is C(=C(\Cc1ccc2c(c1)C1(c3ccccc3-2)c2cc(CCC(c3ccccc3)c3ccc4ccccc4c3)ccc2-c2sc3ccccc3c21)c1ccccc1)/c1ccc2ccccc2c1. The van der Waals surface area contributed by atoms with E-state index in [-0.39, 0.29) is 5.92 Å². The van der Waals surface area contributed by atoms with E-state index in [0.29, 0.717) is 0 Å². The highest BCUT2D eigenvalue weighted by atomic mass is 32.1. The molecule has 0 bridgehead atoms. The zero-order valence-electron chi connectivity index (χ0n) is 36.6. The Bertz CT molecular complexity index is 3680. The Kier molecular flexibility index (Phi) is 9.32. The Hall–Kier alpha value is -7.58. The summed E-state index contributed by atoms with van der Waals surface area (Å²) in [6.07, 6.45) is 5.21. The Morgan fingerprint density at radius 1 is 0.455 bits per heavy atom. The Morgan fingerprint density at radius 3 is 1.91 bits per heavy atom. The minimum Gasteiger partial charge on any atom is -0.135 e. The average Bonchev–Trinajstić information content (AvgIpc) is 4.00. The van der Waals surface area contributed by atoms with Crippen LogP contribution in [0.25, 0.3) is 64.8 Å². The van der Waals surface area contributed by atoms with Crippen molar-refractivity contribution in [1.82, 2.24) is 0 Å². The van der Waals surface area contributed by atoms with Crippen molar-refractivity contribution in [2.45, 2.75) is 30.6 Å². The minimum absolute atomic E-state index is 0.278. The van der Waals surface area contributed by atoms with E-state index in [9.17, 15) is 0 Å². The predicted molar refractivity (Wildman–Crippen MR) is 281 cm³/mol. The summed E-state index contributed by atoms with van der Waals surface area (Å²) in [6.45, 7) is 0. The van der Waals surface area contributed by atoms with E-state index in [1.165, 1.54) is 114 Å². The maximum Gasteiger partial charge on any atom is 0.0740 e. The fourth-order valence-electron chi connectivity index (χ4n) is 11.5. The van der Waals surface area contributed by atoms with Crippen LogP contribution in [-0.4, -0.2) is 0 Å². The standard InChI is InChI=1S/C65H46S/c1-3-15-46(16-4-1)53(38-44-27-31-47-17-7-9-21-50(47)37-44)39-45-30-35-56-55-23-11-13-25-59(55)65(60(56)41-45)61-40-43(29-36-57(61)64-63(65)58-24-12-14-26-62(58)66-64)28-34-54(49-19-5-2-6-20-49)52-33-32-48-18-8-10-22-51(48)42-52/h1-27,29-33,35-38,40-42,54H,28,34,39H2/b53-38-. The van der Waals surface area contributed by atoms with Crippen LogP contribution in [0.15, 0.2) is 231 Å². The third-order valence-electron chi connectivity index (χ3n) is 14.6. The van der Waals surface area contributed by atoms with Crippen molar-refractivity contribution in [2.24, 2.45) is 0 Å². The largest absolute Gasteiger partial charge is 0.135 e. The summed E-state index contributed by atoms with van der Waals surface area (Å²) >= 11 is 1.96. The molecule has 1 heteroatoms. The summed E-state index contributed by atoms with van der Waals surface area (Å²) in [5.41, 5.74) is 18.5. The van der Waals surface area contributed by atoms with Crippen LogP contribution in [0.2, 0.25) is 0 Å². The molecule has 10 aromatic carbocycles. The van der Waals surface area contributed by atoms with Gasteiger partial charge in [0.2, 0.25) is 0 Å². The lowest BCUT2D eigenvalue weighted by molar-refractivity contribution is 0.713. The van der Waals surface area contributed by atoms with Crippen LogP contribution < -0.4 is 0 Å². The van der Waals surface area contributed by atoms with Gasteiger partial charge in [-0.2, -0.15) is 0 Å². The van der Waals surface area contributed by atoms with Crippen molar-refractivity contribution in [3.63, 3.8) is 0 Å². The van der Waals surface area contributed by atoms with Gasteiger partial charge < -0.3 is 0 Å². The lowest BCUT2D eigenvalue weighted by atomic mass is 9.69. The number of thiophene rings is 1. The quantitative estimate of drug-likeness (QED) is 0.127. The maximum absolute atomic E-state index is 2.60. The van der Waals surface area contributed by atoms with Crippen molar-refractivity contribution in [3.8, 4) is 21.6 Å². The third-order valence-corrected chi connectivity index (χ3v) is 15.8. The van der Waals surface area contributed by atoms with E-state index in [1.54, 1.807) is 0 Å². The molecule has 0 amide bonds. The predicted octanol–water partition coefficient (Wildman–Crippen LogP) is 17.1. The third kappa shape index (κ3) is 6.33. The molecule has 2 atom stereocenters. The highest BCUT2D eigenvalue weighted by molar-refractivity contribution is 7.22. The van der Waals surface area contributed by atoms with Crippen LogP contribution in [-0.2, 0) is 18.3 Å². The summed E-state index contributed by atoms with van der Waals surface area (Å²) in [6, 6.07) is 86.7. The van der Waals surface area contributed by atoms with Gasteiger partial charge in [0.1, 0.15) is 0 Å². The summed E-state index contributed by atoms with van der Waals surface area (Å²) in [5.74, 6) is 0.278. The molecule has 2 unspecified atom stereocenters. The number of rotatable bonds is 9. The second-order valence-corrected chi connectivity index (χ2v) is 19.3. The first-order valence-electron chi connectivity index (χ1n) is 23.4. The van der Waals surface area contributed by atoms with Gasteiger partial charge in [-0.3, -0.25) is 0 Å². The molecule has 0 saturated carbocycles. The van der Waals surface area contributed by atoms with Gasteiger partial charge in [-0.05, 0) is 136 Å². The van der Waals surface area contributed by atoms with Gasteiger partial charge in [0.25, 0.3) is 0 Å². The molecule has 2 aliphatic carbocycles. The zero-order chi connectivity index (χ0) is 43.6. The second kappa shape index (κ2) is 15.8. The summed E-state index contributed by atoms with van der Waals surface area (Å²) < 4.78 is 1.35. The molecule has 1 heterocycles. The lowest BCUT2D eigenvalue weighted by Crippen LogP contribution is -2.26. The Balaban J connectivity index is 0.958. The number of aryl methyl sites for hydroxylation is 1. The molecule has 0 aliphatic heterocycles. The van der Waals surface area contributed by atoms with Crippen molar-refractivity contribution in [3.05, 3.63) is 286 Å². The van der Waals surface area contributed by atoms with Crippen molar-refractivity contribution in [2.75, 3.05) is 0 Å². The van der Waals surface area contributed by atoms with Crippen LogP contribution in [0, 0.1) is 0 Å². The first-order valence-corrected chi connectivity index (χ1v) is 24.2. The molecular formula is C65H46S. The van der Waals surface area contributed by atoms with Gasteiger partial charge in [-0.15, -0.1) is 11.3 Å². The zero-order valence-corrected chi connectivity index (χ0v) is 37.4. The fraction of sp³-hybridized carbons (Fsp3) is 0.0769. The van der Waals surface area contributed by atoms with Crippen LogP contribution in [0.4, 0.5) is 0 Å². The number of fused-ring (bicyclic) bond motifs is 14. The molecule has 1 spiro atoms. The topological polar surface area (TPSA) is 0 Å². The molecule has 13 rings (SSSR count). The van der Waals surface area contributed by atoms with Gasteiger partial charge in [0.15, 0.2) is 0 Å². The summed E-state index contributed by atoms with van der Waals surface area (Å²) in [7, 11) is 0. The van der Waals surface area contributed by atoms with Gasteiger partial charge in [-0.25, -0.2) is 0 Å². The first-order chi connectivity index (χ1) is 32.7. The number of hydrogen-bond acceptors (Lipinski definition) is 1. The molecule has 66 heavy (non-hydrogen) atoms. The van der Waals surface area contributed by atoms with Crippen molar-refractivity contribution >= 4 is 54.6 Å². The molecule has 2 aliphatic rings. The summed E-state index contributed by atoms with van der Waals surface area (Å²) in [4.78, 5) is 1.41. The van der Waals surface area contributed by atoms with Crippen LogP contribution in [0.5, 0.6) is 0 Å². The molecule has 0 N–H and O–H groups in total. The summed E-state index contributed by atoms with van der Waals surface area (Å²) in [5, 5.41) is 6.48. The average molecular weight is 859 g/mol. The second-order valence-electron chi connectivity index (χ2n) is 18.3. The first kappa shape index (κ1) is 38.8. The van der Waals surface area contributed by atoms with Crippen molar-refractivity contribution in [1.29, 1.82) is 0 Å². The van der Waals surface area contributed by atoms with Gasteiger partial charge >= 0.3 is 0 Å². The highest BCUT2D eigenvalue weighted by Gasteiger charge is 2.53. The molecule has 11 aromatic rings. The highest BCUT2D eigenvalue weighted by Crippen LogP contribution is 2.66. The number of allylic oxidation sites excluding steroid dienone is 1. The maximum atomic E-state index is 2.60. The lowest BCUT2D eigenvalue weighted by Gasteiger charge is -2.31. The molecular weight excluding hydrogens is 813 g/mol. The number of benzene rings is 10. The van der Waals surface area contributed by atoms with E-state index in [4.69, 9.17) is 0 Å². The van der Waals surface area contributed by atoms with Crippen LogP contribution in [0.1, 0.15) is 68.0 Å². The van der Waals surface area contributed by atoms with Gasteiger partial charge in [0.05, 0.1) is 5.41 Å². The Morgan fingerprint density at radius 2 is 1.08 bits per heavy atom. The molecule has 0 fully saturated rings. The van der Waals surface area contributed by atoms with E-state index < -0.39 is 5.41 Å². The normalized spacial score (nSPS) is 15.2. The van der Waals surface area contributed by atoms with E-state index in [1.807, 2.05) is 11.3 Å². The van der Waals surface area contributed by atoms with E-state index in [2.05, 4.69) is 237 Å². The monoisotopic (exact) mass is 858 g/mol. The molecule has 312 valence electrons. The van der Waals surface area contributed by atoms with E-state index in [0.717, 1.165) is 19.3 Å². The molecule has 1 aromatic heterocycles. The molecule has 0 radical (unpaired) electrons. The van der Waals surface area contributed by atoms with E-state index >= 15 is 0 Å². The van der Waals surface area contributed by atoms with Gasteiger partial charge in [0, 0.05) is 15.5 Å². The molecule has 0 saturated heterocycles. The van der Waals surface area contributed by atoms with Gasteiger partial charge in [-0.1, -0.05) is 224 Å². The minimum atomic E-state index is -0.450. The number of hydrogen-bond donors (Lipinski definition) is 0. The fourth-order valence-corrected chi connectivity index (χ4v) is 12.8. The smallest absolute Gasteiger partial charge is 0.0740 e. The van der Waals surface area contributed by atoms with Crippen molar-refractivity contribution < 1.29 is 0 Å².